The fourth-order valence-corrected chi connectivity index (χ4v) is 4.49. The van der Waals surface area contributed by atoms with Crippen LogP contribution in [0.1, 0.15) is 42.4 Å². The summed E-state index contributed by atoms with van der Waals surface area (Å²) >= 11 is 5.76. The van der Waals surface area contributed by atoms with E-state index in [1.165, 1.54) is 6.07 Å². The molecule has 0 aliphatic carbocycles. The van der Waals surface area contributed by atoms with Gasteiger partial charge in [-0.3, -0.25) is 4.90 Å². The Morgan fingerprint density at radius 2 is 1.90 bits per heavy atom. The SMILES string of the molecule is O=C(OCc1ccccc1)N1C2C=C(c3ccc(Cl)c(C(F)(F)F)c3)CC1CCC2. The lowest BCUT2D eigenvalue weighted by Crippen LogP contribution is -2.51. The topological polar surface area (TPSA) is 29.5 Å². The van der Waals surface area contributed by atoms with E-state index in [1.807, 2.05) is 36.4 Å². The molecule has 3 nitrogen and oxygen atoms in total. The largest absolute Gasteiger partial charge is 0.445 e. The van der Waals surface area contributed by atoms with Gasteiger partial charge in [-0.25, -0.2) is 4.79 Å². The summed E-state index contributed by atoms with van der Waals surface area (Å²) in [4.78, 5) is 14.5. The second kappa shape index (κ2) is 8.34. The van der Waals surface area contributed by atoms with Crippen molar-refractivity contribution in [3.63, 3.8) is 0 Å². The number of carbonyl (C=O) groups is 1. The molecule has 4 rings (SSSR count). The normalized spacial score (nSPS) is 21.2. The molecule has 30 heavy (non-hydrogen) atoms. The molecule has 0 N–H and O–H groups in total. The van der Waals surface area contributed by atoms with Crippen LogP contribution in [-0.4, -0.2) is 23.1 Å². The van der Waals surface area contributed by atoms with E-state index in [1.54, 1.807) is 11.0 Å². The summed E-state index contributed by atoms with van der Waals surface area (Å²) < 4.78 is 45.3. The molecule has 2 atom stereocenters. The quantitative estimate of drug-likeness (QED) is 0.536. The van der Waals surface area contributed by atoms with Crippen molar-refractivity contribution < 1.29 is 22.7 Å². The first kappa shape index (κ1) is 20.8. The van der Waals surface area contributed by atoms with E-state index in [9.17, 15) is 18.0 Å². The summed E-state index contributed by atoms with van der Waals surface area (Å²) in [6.07, 6.45) is 0.0462. The molecule has 2 aromatic rings. The summed E-state index contributed by atoms with van der Waals surface area (Å²) in [5.74, 6) is 0. The minimum absolute atomic E-state index is 0.0861. The van der Waals surface area contributed by atoms with Crippen LogP contribution >= 0.6 is 11.6 Å². The van der Waals surface area contributed by atoms with E-state index in [0.717, 1.165) is 36.5 Å². The number of fused-ring (bicyclic) bond motifs is 2. The Morgan fingerprint density at radius 3 is 2.60 bits per heavy atom. The van der Waals surface area contributed by atoms with Gasteiger partial charge in [-0.05, 0) is 54.5 Å². The first-order valence-electron chi connectivity index (χ1n) is 9.90. The van der Waals surface area contributed by atoms with Crippen LogP contribution < -0.4 is 0 Å². The van der Waals surface area contributed by atoms with Crippen molar-refractivity contribution >= 4 is 23.3 Å². The van der Waals surface area contributed by atoms with Crippen LogP contribution in [0.2, 0.25) is 5.02 Å². The lowest BCUT2D eigenvalue weighted by atomic mass is 9.83. The number of ether oxygens (including phenoxy) is 1. The summed E-state index contributed by atoms with van der Waals surface area (Å²) in [5, 5.41) is -0.311. The maximum absolute atomic E-state index is 13.2. The van der Waals surface area contributed by atoms with Crippen molar-refractivity contribution in [3.8, 4) is 0 Å². The zero-order valence-corrected chi connectivity index (χ0v) is 16.9. The molecular formula is C23H21ClF3NO2. The van der Waals surface area contributed by atoms with Crippen molar-refractivity contribution in [2.75, 3.05) is 0 Å². The number of carbonyl (C=O) groups excluding carboxylic acids is 1. The standard InChI is InChI=1S/C23H21ClF3NO2/c24-21-10-9-16(13-20(21)23(25,26)27)17-11-18-7-4-8-19(12-17)28(18)22(29)30-14-15-5-2-1-3-6-15/h1-3,5-6,9-11,13,18-19H,4,7-8,12,14H2. The van der Waals surface area contributed by atoms with Crippen molar-refractivity contribution in [2.45, 2.75) is 50.6 Å². The van der Waals surface area contributed by atoms with Gasteiger partial charge < -0.3 is 4.74 Å². The number of nitrogens with zero attached hydrogens (tertiary/aromatic N) is 1. The van der Waals surface area contributed by atoms with Gasteiger partial charge in [0, 0.05) is 6.04 Å². The van der Waals surface area contributed by atoms with Gasteiger partial charge in [-0.1, -0.05) is 54.1 Å². The highest BCUT2D eigenvalue weighted by Gasteiger charge is 2.39. The molecule has 2 heterocycles. The third-order valence-corrected chi connectivity index (χ3v) is 6.03. The first-order valence-corrected chi connectivity index (χ1v) is 10.3. The molecule has 2 aliphatic rings. The molecular weight excluding hydrogens is 415 g/mol. The van der Waals surface area contributed by atoms with Crippen molar-refractivity contribution in [2.24, 2.45) is 0 Å². The highest BCUT2D eigenvalue weighted by atomic mass is 35.5. The molecule has 0 radical (unpaired) electrons. The average Bonchev–Trinajstić information content (AvgIpc) is 2.71. The smallest absolute Gasteiger partial charge is 0.417 e. The van der Waals surface area contributed by atoms with Gasteiger partial charge in [0.2, 0.25) is 0 Å². The van der Waals surface area contributed by atoms with Crippen LogP contribution in [0.15, 0.2) is 54.6 Å². The van der Waals surface area contributed by atoms with Gasteiger partial charge in [0.25, 0.3) is 0 Å². The number of hydrogen-bond acceptors (Lipinski definition) is 2. The maximum Gasteiger partial charge on any atom is 0.417 e. The minimum Gasteiger partial charge on any atom is -0.445 e. The summed E-state index contributed by atoms with van der Waals surface area (Å²) in [7, 11) is 0. The van der Waals surface area contributed by atoms with Crippen LogP contribution in [0, 0.1) is 0 Å². The van der Waals surface area contributed by atoms with Gasteiger partial charge in [-0.2, -0.15) is 13.2 Å². The predicted octanol–water partition coefficient (Wildman–Crippen LogP) is 6.71. The summed E-state index contributed by atoms with van der Waals surface area (Å²) in [5.41, 5.74) is 1.39. The van der Waals surface area contributed by atoms with Crippen molar-refractivity contribution in [1.82, 2.24) is 4.90 Å². The molecule has 1 saturated heterocycles. The van der Waals surface area contributed by atoms with E-state index < -0.39 is 11.7 Å². The number of alkyl halides is 3. The zero-order chi connectivity index (χ0) is 21.3. The highest BCUT2D eigenvalue weighted by molar-refractivity contribution is 6.31. The number of hydrogen-bond donors (Lipinski definition) is 0. The van der Waals surface area contributed by atoms with Crippen molar-refractivity contribution in [3.05, 3.63) is 76.3 Å². The Morgan fingerprint density at radius 1 is 1.13 bits per heavy atom. The fraction of sp³-hybridized carbons (Fsp3) is 0.348. The fourth-order valence-electron chi connectivity index (χ4n) is 4.26. The van der Waals surface area contributed by atoms with Crippen molar-refractivity contribution in [1.29, 1.82) is 0 Å². The van der Waals surface area contributed by atoms with E-state index in [0.29, 0.717) is 12.0 Å². The summed E-state index contributed by atoms with van der Waals surface area (Å²) in [6.45, 7) is 0.193. The van der Waals surface area contributed by atoms with Gasteiger partial charge in [0.1, 0.15) is 6.61 Å². The molecule has 158 valence electrons. The highest BCUT2D eigenvalue weighted by Crippen LogP contribution is 2.41. The Kier molecular flexibility index (Phi) is 5.78. The molecule has 0 spiro atoms. The Bertz CT molecular complexity index is 959. The van der Waals surface area contributed by atoms with Crippen LogP contribution in [0.4, 0.5) is 18.0 Å². The molecule has 7 heteroatoms. The Labute approximate surface area is 178 Å². The first-order chi connectivity index (χ1) is 14.3. The lowest BCUT2D eigenvalue weighted by molar-refractivity contribution is -0.137. The molecule has 2 aliphatic heterocycles. The molecule has 1 fully saturated rings. The monoisotopic (exact) mass is 435 g/mol. The Hall–Kier alpha value is -2.47. The summed E-state index contributed by atoms with van der Waals surface area (Å²) in [6, 6.07) is 13.2. The molecule has 2 unspecified atom stereocenters. The molecule has 0 aromatic heterocycles. The number of benzene rings is 2. The van der Waals surface area contributed by atoms with Crippen LogP contribution in [0.5, 0.6) is 0 Å². The van der Waals surface area contributed by atoms with Gasteiger partial charge in [0.15, 0.2) is 0 Å². The van der Waals surface area contributed by atoms with Crippen LogP contribution in [-0.2, 0) is 17.5 Å². The molecule has 1 amide bonds. The van der Waals surface area contributed by atoms with Crippen LogP contribution in [0.3, 0.4) is 0 Å². The number of piperidine rings is 1. The Balaban J connectivity index is 1.54. The average molecular weight is 436 g/mol. The molecule has 2 aromatic carbocycles. The van der Waals surface area contributed by atoms with E-state index in [4.69, 9.17) is 16.3 Å². The third kappa shape index (κ3) is 4.33. The third-order valence-electron chi connectivity index (χ3n) is 5.70. The van der Waals surface area contributed by atoms with Crippen LogP contribution in [0.25, 0.3) is 5.57 Å². The van der Waals surface area contributed by atoms with Gasteiger partial charge in [-0.15, -0.1) is 0 Å². The predicted molar refractivity (Wildman–Crippen MR) is 109 cm³/mol. The molecule has 2 bridgehead atoms. The number of rotatable bonds is 3. The van der Waals surface area contributed by atoms with Gasteiger partial charge in [0.05, 0.1) is 16.6 Å². The lowest BCUT2D eigenvalue weighted by Gasteiger charge is -2.44. The van der Waals surface area contributed by atoms with Gasteiger partial charge >= 0.3 is 12.3 Å². The van der Waals surface area contributed by atoms with E-state index in [2.05, 4.69) is 0 Å². The second-order valence-electron chi connectivity index (χ2n) is 7.69. The molecule has 0 saturated carbocycles. The second-order valence-corrected chi connectivity index (χ2v) is 8.10. The number of amides is 1. The zero-order valence-electron chi connectivity index (χ0n) is 16.2. The number of halogens is 4. The maximum atomic E-state index is 13.2. The van der Waals surface area contributed by atoms with E-state index in [-0.39, 0.29) is 29.8 Å². The van der Waals surface area contributed by atoms with E-state index >= 15 is 0 Å². The minimum atomic E-state index is -4.51.